The van der Waals surface area contributed by atoms with Gasteiger partial charge in [-0.15, -0.1) is 0 Å². The predicted molar refractivity (Wildman–Crippen MR) is 334 cm³/mol. The number of unbranched alkanes of at least 4 members (excludes halogenated alkanes) is 23. The molecule has 1 aliphatic heterocycles. The molecule has 1 aliphatic rings. The van der Waals surface area contributed by atoms with Gasteiger partial charge in [-0.05, 0) is 97.1 Å². The van der Waals surface area contributed by atoms with Crippen LogP contribution < -0.4 is 0 Å². The Bertz CT molecular complexity index is 1660. The smallest absolute Gasteiger partial charge is 0.493 e. The summed E-state index contributed by atoms with van der Waals surface area (Å²) in [5.74, 6) is 0. The van der Waals surface area contributed by atoms with Gasteiger partial charge >= 0.3 is 16.5 Å². The summed E-state index contributed by atoms with van der Waals surface area (Å²) in [6.07, 6.45) is 43.4. The van der Waals surface area contributed by atoms with Crippen molar-refractivity contribution in [3.63, 3.8) is 0 Å². The number of benzene rings is 2. The van der Waals surface area contributed by atoms with Crippen molar-refractivity contribution in [3.8, 4) is 0 Å². The molecule has 2 nitrogen and oxygen atoms in total. The first-order valence-electron chi connectivity index (χ1n) is 31.8. The summed E-state index contributed by atoms with van der Waals surface area (Å²) >= 11 is 0. The molecule has 0 saturated carbocycles. The molecule has 0 amide bonds. The first-order valence-corrected chi connectivity index (χ1v) is 37.5. The Morgan fingerprint density at radius 1 is 0.370 bits per heavy atom. The largest absolute Gasteiger partial charge is 2.00 e. The number of hydrogen-bond acceptors (Lipinski definition) is 0. The van der Waals surface area contributed by atoms with E-state index in [0.717, 1.165) is 56.3 Å². The zero-order valence-electron chi connectivity index (χ0n) is 50.7. The van der Waals surface area contributed by atoms with Crippen LogP contribution in [0.25, 0.3) is 16.9 Å². The molecule has 1 heterocycles. The minimum absolute atomic E-state index is 0. The summed E-state index contributed by atoms with van der Waals surface area (Å²) in [5, 5.41) is 0. The third-order valence-corrected chi connectivity index (χ3v) is 28.3. The Morgan fingerprint density at radius 2 is 0.671 bits per heavy atom. The molecular weight excluding hydrogens is 960 g/mol. The molecule has 0 spiro atoms. The first-order chi connectivity index (χ1) is 35.0. The molecule has 73 heavy (non-hydrogen) atoms. The maximum atomic E-state index is 12.2. The maximum absolute atomic E-state index is 12.2. The summed E-state index contributed by atoms with van der Waals surface area (Å²) in [7, 11) is -2.70. The average molecular weight is 1080 g/mol. The van der Waals surface area contributed by atoms with Crippen LogP contribution in [0.4, 0.5) is 0 Å². The van der Waals surface area contributed by atoms with E-state index in [0.29, 0.717) is 0 Å². The van der Waals surface area contributed by atoms with E-state index in [4.69, 9.17) is 0 Å². The molecule has 5 heteroatoms. The number of rotatable bonds is 41. The molecular formula is C68H122N2NiSi2. The van der Waals surface area contributed by atoms with E-state index in [1.807, 2.05) is 0 Å². The minimum Gasteiger partial charge on any atom is -0.493 e. The summed E-state index contributed by atoms with van der Waals surface area (Å²) in [6, 6.07) is 25.2. The van der Waals surface area contributed by atoms with Gasteiger partial charge in [0.15, 0.2) is 0 Å². The summed E-state index contributed by atoms with van der Waals surface area (Å²) in [6.45, 7) is 33.6. The normalized spacial score (nSPS) is 12.6. The number of allylic oxidation sites excluding steroid dienone is 2. The minimum atomic E-state index is -1.35. The Hall–Kier alpha value is -1.55. The van der Waals surface area contributed by atoms with E-state index >= 15 is 0 Å². The number of nitrogens with zero attached hydrogens (tertiary/aromatic N) is 2. The van der Waals surface area contributed by atoms with Crippen LogP contribution in [-0.2, 0) is 41.4 Å². The van der Waals surface area contributed by atoms with Crippen molar-refractivity contribution in [1.82, 2.24) is 0 Å². The van der Waals surface area contributed by atoms with Gasteiger partial charge in [-0.2, -0.15) is 12.8 Å². The molecule has 0 bridgehead atoms. The molecule has 0 fully saturated rings. The van der Waals surface area contributed by atoms with E-state index in [-0.39, 0.29) is 16.5 Å². The topological polar surface area (TPSA) is 25.3 Å². The fourth-order valence-electron chi connectivity index (χ4n) is 11.1. The fraction of sp³-hybridized carbons (Fsp3) is 0.735. The third kappa shape index (κ3) is 29.1. The van der Waals surface area contributed by atoms with Gasteiger partial charge in [0.05, 0.1) is 16.1 Å². The van der Waals surface area contributed by atoms with Crippen molar-refractivity contribution in [2.75, 3.05) is 0 Å². The molecule has 0 unspecified atom stereocenters. The predicted octanol–water partition coefficient (Wildman–Crippen LogP) is 23.8. The maximum Gasteiger partial charge on any atom is 2.00 e. The molecule has 0 atom stereocenters. The fourth-order valence-corrected chi connectivity index (χ4v) is 17.8. The van der Waals surface area contributed by atoms with E-state index in [1.54, 1.807) is 4.70 Å². The zero-order valence-corrected chi connectivity index (χ0v) is 53.7. The summed E-state index contributed by atoms with van der Waals surface area (Å²) < 4.78 is 1.59. The van der Waals surface area contributed by atoms with E-state index in [2.05, 4.69) is 132 Å². The number of hydrogen-bond donors (Lipinski definition) is 0. The van der Waals surface area contributed by atoms with E-state index in [9.17, 15) is 5.53 Å². The first kappa shape index (κ1) is 71.4. The van der Waals surface area contributed by atoms with Gasteiger partial charge in [0.2, 0.25) is 11.4 Å². The zero-order chi connectivity index (χ0) is 53.3. The standard InChI is InChI=1S/C42H68N2Si2.2C13H27.Ni/c1-10-19-22-34-25-36(32-45(13-4,14-5)15-6)29-39(27-34)41-31-38(24-21-12-3)42(44(41)43)40-28-35(23-20-11-2)26-37(30-40)33-46(16-7,17-8)18-9;2*1-3-5-7-9-11-13-12-10-8-6-4-2;/h25-31H,10-24,32-33H2,1-9H3;2*1,3-13H2,2H3;/q;2*-1;+2. The van der Waals surface area contributed by atoms with Crippen LogP contribution in [0, 0.1) is 13.8 Å². The Kier molecular flexibility index (Phi) is 44.5. The molecule has 2 aromatic rings. The second-order valence-electron chi connectivity index (χ2n) is 22.6. The van der Waals surface area contributed by atoms with Gasteiger partial charge in [-0.1, -0.05) is 272 Å². The quantitative estimate of drug-likeness (QED) is 0.0274. The van der Waals surface area contributed by atoms with Crippen molar-refractivity contribution in [2.45, 2.75) is 324 Å². The molecule has 0 N–H and O–H groups in total. The third-order valence-electron chi connectivity index (χ3n) is 17.0. The molecule has 2 aromatic carbocycles. The van der Waals surface area contributed by atoms with Crippen LogP contribution in [0.3, 0.4) is 0 Å². The van der Waals surface area contributed by atoms with Crippen LogP contribution >= 0.6 is 0 Å². The molecule has 3 rings (SSSR count). The monoisotopic (exact) mass is 1080 g/mol. The van der Waals surface area contributed by atoms with Gasteiger partial charge in [0.25, 0.3) is 0 Å². The van der Waals surface area contributed by atoms with Crippen LogP contribution in [-0.4, -0.2) is 20.8 Å². The molecule has 0 aromatic heterocycles. The van der Waals surface area contributed by atoms with E-state index < -0.39 is 16.1 Å². The molecule has 0 radical (unpaired) electrons. The van der Waals surface area contributed by atoms with Gasteiger partial charge in [0, 0.05) is 22.8 Å². The van der Waals surface area contributed by atoms with Crippen molar-refractivity contribution in [3.05, 3.63) is 101 Å². The molecule has 422 valence electrons. The second kappa shape index (κ2) is 45.5. The Morgan fingerprint density at radius 3 is 1.01 bits per heavy atom. The summed E-state index contributed by atoms with van der Waals surface area (Å²) in [4.78, 5) is 0. The Balaban J connectivity index is 0.00000157. The Labute approximate surface area is 470 Å². The van der Waals surface area contributed by atoms with Gasteiger partial charge in [-0.25, -0.2) is 4.70 Å². The van der Waals surface area contributed by atoms with E-state index in [1.165, 1.54) is 241 Å². The van der Waals surface area contributed by atoms with Crippen LogP contribution in [0.15, 0.2) is 48.0 Å². The van der Waals surface area contributed by atoms with Crippen LogP contribution in [0.2, 0.25) is 36.3 Å². The van der Waals surface area contributed by atoms with Gasteiger partial charge in [-0.3, -0.25) is 0 Å². The molecule has 0 aliphatic carbocycles. The van der Waals surface area contributed by atoms with Crippen LogP contribution in [0.1, 0.15) is 296 Å². The van der Waals surface area contributed by atoms with Crippen molar-refractivity contribution >= 4 is 27.5 Å². The summed E-state index contributed by atoms with van der Waals surface area (Å²) in [5.41, 5.74) is 23.8. The second-order valence-corrected chi connectivity index (χ2v) is 33.6. The SMILES string of the molecule is CCCCC1=C(c2cc(CCCC)cc(C[Si](CC)(CC)CC)c2)[N+](=[N-])C(c2cc(CCCC)cc(C[Si](CC)(CC)CC)c2)=C1.[CH2-]CCCCCCCCCCCC.[CH2-]CCCCCCCCCCCC.[Ni+2]. The van der Waals surface area contributed by atoms with Crippen LogP contribution in [0.5, 0.6) is 0 Å². The van der Waals surface area contributed by atoms with Crippen molar-refractivity contribution in [2.24, 2.45) is 0 Å². The van der Waals surface area contributed by atoms with Gasteiger partial charge in [0.1, 0.15) is 0 Å². The average Bonchev–Trinajstić information content (AvgIpc) is 3.74. The molecule has 0 saturated heterocycles. The van der Waals surface area contributed by atoms with Crippen molar-refractivity contribution < 1.29 is 21.2 Å². The van der Waals surface area contributed by atoms with Crippen molar-refractivity contribution in [1.29, 1.82) is 0 Å². The number of aryl methyl sites for hydroxylation is 2. The van der Waals surface area contributed by atoms with Gasteiger partial charge < -0.3 is 19.4 Å².